The van der Waals surface area contributed by atoms with Gasteiger partial charge in [-0.25, -0.2) is 9.37 Å². The number of hydrogen-bond donors (Lipinski definition) is 0. The molecule has 2 nitrogen and oxygen atoms in total. The van der Waals surface area contributed by atoms with Crippen molar-refractivity contribution in [2.24, 2.45) is 0 Å². The second kappa shape index (κ2) is 5.12. The molecule has 15 heavy (non-hydrogen) atoms. The maximum atomic E-state index is 13.0. The van der Waals surface area contributed by atoms with Gasteiger partial charge in [0, 0.05) is 6.08 Å². The van der Waals surface area contributed by atoms with E-state index in [4.69, 9.17) is 46.4 Å². The fourth-order valence-electron chi connectivity index (χ4n) is 0.795. The molecule has 0 aliphatic carbocycles. The molecule has 0 amide bonds. The molecule has 0 N–H and O–H groups in total. The largest absolute Gasteiger partial charge is 0.289 e. The van der Waals surface area contributed by atoms with Crippen molar-refractivity contribution in [3.63, 3.8) is 0 Å². The van der Waals surface area contributed by atoms with Crippen LogP contribution < -0.4 is 0 Å². The van der Waals surface area contributed by atoms with E-state index in [1.54, 1.807) is 0 Å². The molecule has 0 radical (unpaired) electrons. The Morgan fingerprint density at radius 1 is 1.33 bits per heavy atom. The molecule has 0 saturated heterocycles. The Morgan fingerprint density at radius 2 is 1.93 bits per heavy atom. The van der Waals surface area contributed by atoms with Crippen LogP contribution in [-0.2, 0) is 0 Å². The average molecular weight is 289 g/mol. The molecule has 0 aliphatic rings. The summed E-state index contributed by atoms with van der Waals surface area (Å²) in [5.41, 5.74) is -0.155. The van der Waals surface area contributed by atoms with E-state index in [1.165, 1.54) is 0 Å². The molecule has 0 spiro atoms. The van der Waals surface area contributed by atoms with Crippen molar-refractivity contribution >= 4 is 52.2 Å². The van der Waals surface area contributed by atoms with Crippen molar-refractivity contribution in [2.45, 2.75) is 0 Å². The van der Waals surface area contributed by atoms with Crippen LogP contribution in [0.5, 0.6) is 0 Å². The summed E-state index contributed by atoms with van der Waals surface area (Å²) in [7, 11) is 0. The summed E-state index contributed by atoms with van der Waals surface area (Å²) in [6, 6.07) is 0.868. The van der Waals surface area contributed by atoms with Crippen molar-refractivity contribution in [1.29, 1.82) is 0 Å². The van der Waals surface area contributed by atoms with Gasteiger partial charge < -0.3 is 0 Å². The van der Waals surface area contributed by atoms with E-state index in [1.807, 2.05) is 0 Å². The Labute approximate surface area is 105 Å². The van der Waals surface area contributed by atoms with E-state index >= 15 is 0 Å². The quantitative estimate of drug-likeness (QED) is 0.467. The van der Waals surface area contributed by atoms with Gasteiger partial charge in [-0.3, -0.25) is 4.79 Å². The van der Waals surface area contributed by atoms with Crippen LogP contribution in [0.25, 0.3) is 0 Å². The molecule has 0 aromatic carbocycles. The van der Waals surface area contributed by atoms with Gasteiger partial charge in [-0.15, -0.1) is 0 Å². The molecule has 0 fully saturated rings. The number of nitrogens with zero attached hydrogens (tertiary/aromatic N) is 1. The van der Waals surface area contributed by atoms with Gasteiger partial charge in [-0.05, 0) is 6.07 Å². The number of halogens is 5. The highest BCUT2D eigenvalue weighted by Gasteiger charge is 2.14. The van der Waals surface area contributed by atoms with Crippen molar-refractivity contribution in [3.05, 3.63) is 38.3 Å². The molecule has 80 valence electrons. The first-order chi connectivity index (χ1) is 6.91. The first-order valence-corrected chi connectivity index (χ1v) is 5.01. The number of pyridine rings is 1. The van der Waals surface area contributed by atoms with Crippen LogP contribution in [-0.4, -0.2) is 10.8 Å². The zero-order chi connectivity index (χ0) is 11.6. The number of hydrogen-bond acceptors (Lipinski definition) is 2. The van der Waals surface area contributed by atoms with Gasteiger partial charge in [-0.1, -0.05) is 46.4 Å². The standard InChI is InChI=1S/C8H2Cl4FNO/c9-6(10)2-5(15)3-1-4(13)8(12)14-7(3)11/h1-2H. The molecule has 0 atom stereocenters. The lowest BCUT2D eigenvalue weighted by Gasteiger charge is -2.00. The van der Waals surface area contributed by atoms with Crippen LogP contribution >= 0.6 is 46.4 Å². The predicted octanol–water partition coefficient (Wildman–Crippen LogP) is 4.03. The Bertz CT molecular complexity index is 443. The summed E-state index contributed by atoms with van der Waals surface area (Å²) in [6.45, 7) is 0. The molecular formula is C8H2Cl4FNO. The van der Waals surface area contributed by atoms with E-state index in [0.29, 0.717) is 0 Å². The van der Waals surface area contributed by atoms with E-state index < -0.39 is 16.8 Å². The molecule has 1 aromatic rings. The minimum atomic E-state index is -0.844. The first kappa shape index (κ1) is 12.7. The molecular weight excluding hydrogens is 287 g/mol. The second-order valence-electron chi connectivity index (χ2n) is 2.40. The third-order valence-electron chi connectivity index (χ3n) is 1.39. The van der Waals surface area contributed by atoms with Gasteiger partial charge in [-0.2, -0.15) is 0 Å². The Balaban J connectivity index is 3.21. The fourth-order valence-corrected chi connectivity index (χ4v) is 1.41. The molecule has 0 bridgehead atoms. The van der Waals surface area contributed by atoms with E-state index in [2.05, 4.69) is 4.98 Å². The monoisotopic (exact) mass is 287 g/mol. The summed E-state index contributed by atoms with van der Waals surface area (Å²) in [5.74, 6) is -1.49. The molecule has 0 saturated carbocycles. The van der Waals surface area contributed by atoms with E-state index in [-0.39, 0.29) is 15.2 Å². The van der Waals surface area contributed by atoms with Crippen LogP contribution in [0.15, 0.2) is 16.6 Å². The third-order valence-corrected chi connectivity index (χ3v) is 2.16. The average Bonchev–Trinajstić information content (AvgIpc) is 2.09. The second-order valence-corrected chi connectivity index (χ2v) is 4.12. The van der Waals surface area contributed by atoms with Gasteiger partial charge in [0.25, 0.3) is 0 Å². The van der Waals surface area contributed by atoms with Crippen LogP contribution in [0.4, 0.5) is 4.39 Å². The third kappa shape index (κ3) is 3.31. The number of aromatic nitrogens is 1. The maximum absolute atomic E-state index is 13.0. The molecule has 1 aromatic heterocycles. The van der Waals surface area contributed by atoms with Gasteiger partial charge in [0.15, 0.2) is 16.8 Å². The van der Waals surface area contributed by atoms with Crippen LogP contribution in [0.3, 0.4) is 0 Å². The van der Waals surface area contributed by atoms with Crippen molar-refractivity contribution in [1.82, 2.24) is 4.98 Å². The summed E-state index contributed by atoms with van der Waals surface area (Å²) < 4.78 is 12.7. The topological polar surface area (TPSA) is 30.0 Å². The van der Waals surface area contributed by atoms with Gasteiger partial charge in [0.2, 0.25) is 0 Å². The summed E-state index contributed by atoms with van der Waals surface area (Å²) in [6.07, 6.45) is 0.888. The summed E-state index contributed by atoms with van der Waals surface area (Å²) in [5, 5.41) is -0.616. The SMILES string of the molecule is O=C(C=C(Cl)Cl)c1cc(F)c(Cl)nc1Cl. The number of ketones is 1. The van der Waals surface area contributed by atoms with E-state index in [9.17, 15) is 9.18 Å². The highest BCUT2D eigenvalue weighted by Crippen LogP contribution is 2.22. The molecule has 1 rings (SSSR count). The van der Waals surface area contributed by atoms with Crippen LogP contribution in [0.2, 0.25) is 10.3 Å². The maximum Gasteiger partial charge on any atom is 0.191 e. The van der Waals surface area contributed by atoms with Crippen molar-refractivity contribution < 1.29 is 9.18 Å². The summed E-state index contributed by atoms with van der Waals surface area (Å²) in [4.78, 5) is 14.8. The van der Waals surface area contributed by atoms with Crippen LogP contribution in [0, 0.1) is 5.82 Å². The number of rotatable bonds is 2. The minimum Gasteiger partial charge on any atom is -0.289 e. The van der Waals surface area contributed by atoms with Gasteiger partial charge in [0.05, 0.1) is 5.56 Å². The first-order valence-electron chi connectivity index (χ1n) is 3.50. The Morgan fingerprint density at radius 3 is 2.47 bits per heavy atom. The van der Waals surface area contributed by atoms with E-state index in [0.717, 1.165) is 12.1 Å². The lowest BCUT2D eigenvalue weighted by molar-refractivity contribution is 0.104. The zero-order valence-corrected chi connectivity index (χ0v) is 9.92. The van der Waals surface area contributed by atoms with Gasteiger partial charge >= 0.3 is 0 Å². The highest BCUT2D eigenvalue weighted by molar-refractivity contribution is 6.57. The number of carbonyl (C=O) groups excluding carboxylic acids is 1. The van der Waals surface area contributed by atoms with Gasteiger partial charge in [0.1, 0.15) is 9.64 Å². The minimum absolute atomic E-state index is 0.155. The fraction of sp³-hybridized carbons (Fsp3) is 0. The highest BCUT2D eigenvalue weighted by atomic mass is 35.5. The molecule has 0 unspecified atom stereocenters. The van der Waals surface area contributed by atoms with Crippen molar-refractivity contribution in [2.75, 3.05) is 0 Å². The lowest BCUT2D eigenvalue weighted by atomic mass is 10.2. The van der Waals surface area contributed by atoms with Crippen molar-refractivity contribution in [3.8, 4) is 0 Å². The zero-order valence-electron chi connectivity index (χ0n) is 6.90. The summed E-state index contributed by atoms with van der Waals surface area (Å²) >= 11 is 21.5. The molecule has 1 heterocycles. The number of allylic oxidation sites excluding steroid dienone is 1. The Hall–Kier alpha value is -0.350. The lowest BCUT2D eigenvalue weighted by Crippen LogP contribution is -1.99. The normalized spacial score (nSPS) is 9.93. The Kier molecular flexibility index (Phi) is 4.34. The molecule has 0 aliphatic heterocycles. The smallest absolute Gasteiger partial charge is 0.191 e. The predicted molar refractivity (Wildman–Crippen MR) is 58.3 cm³/mol. The van der Waals surface area contributed by atoms with Crippen LogP contribution in [0.1, 0.15) is 10.4 Å². The molecule has 7 heteroatoms. The number of carbonyl (C=O) groups is 1.